The Balaban J connectivity index is 1.92. The van der Waals surface area contributed by atoms with Crippen molar-refractivity contribution in [2.24, 2.45) is 7.05 Å². The number of hydrogen-bond donors (Lipinski definition) is 1. The minimum atomic E-state index is -3.97. The van der Waals surface area contributed by atoms with Gasteiger partial charge in [-0.05, 0) is 64.4 Å². The van der Waals surface area contributed by atoms with Crippen molar-refractivity contribution in [2.75, 3.05) is 24.4 Å². The van der Waals surface area contributed by atoms with E-state index in [2.05, 4.69) is 9.62 Å². The first-order valence-electron chi connectivity index (χ1n) is 9.91. The summed E-state index contributed by atoms with van der Waals surface area (Å²) < 4.78 is 35.9. The number of aromatic nitrogens is 1. The third kappa shape index (κ3) is 4.48. The summed E-state index contributed by atoms with van der Waals surface area (Å²) in [5, 5.41) is 0. The molecule has 1 aliphatic rings. The first-order chi connectivity index (χ1) is 13.7. The van der Waals surface area contributed by atoms with E-state index in [1.165, 1.54) is 12.8 Å². The number of carbonyl (C=O) groups is 1. The van der Waals surface area contributed by atoms with E-state index in [0.717, 1.165) is 25.2 Å². The number of rotatable bonds is 7. The van der Waals surface area contributed by atoms with Crippen LogP contribution in [0, 0.1) is 13.8 Å². The zero-order valence-corrected chi connectivity index (χ0v) is 18.3. The molecule has 7 nitrogen and oxygen atoms in total. The lowest BCUT2D eigenvalue weighted by molar-refractivity contribution is 0.0521. The second-order valence-electron chi connectivity index (χ2n) is 7.44. The number of nitrogens with one attached hydrogen (secondary N) is 1. The number of esters is 1. The van der Waals surface area contributed by atoms with Gasteiger partial charge in [-0.3, -0.25) is 9.62 Å². The molecular formula is C21H29N3O4S. The third-order valence-corrected chi connectivity index (χ3v) is 7.00. The van der Waals surface area contributed by atoms with Crippen molar-refractivity contribution >= 4 is 21.7 Å². The number of benzene rings is 1. The fraction of sp³-hybridized carbons (Fsp3) is 0.476. The van der Waals surface area contributed by atoms with Crippen molar-refractivity contribution < 1.29 is 17.9 Å². The van der Waals surface area contributed by atoms with E-state index in [0.29, 0.717) is 17.1 Å². The van der Waals surface area contributed by atoms with Crippen molar-refractivity contribution in [3.8, 4) is 0 Å². The summed E-state index contributed by atoms with van der Waals surface area (Å²) in [6, 6.07) is 7.42. The first kappa shape index (κ1) is 21.4. The number of sulfonamides is 1. The summed E-state index contributed by atoms with van der Waals surface area (Å²) in [7, 11) is -2.23. The zero-order chi connectivity index (χ0) is 21.2. The van der Waals surface area contributed by atoms with E-state index in [1.54, 1.807) is 38.5 Å². The van der Waals surface area contributed by atoms with Gasteiger partial charge >= 0.3 is 5.97 Å². The van der Waals surface area contributed by atoms with Crippen LogP contribution in [0.5, 0.6) is 0 Å². The summed E-state index contributed by atoms with van der Waals surface area (Å²) in [4.78, 5) is 14.8. The maximum atomic E-state index is 13.2. The lowest BCUT2D eigenvalue weighted by atomic mass is 10.2. The summed E-state index contributed by atoms with van der Waals surface area (Å²) >= 11 is 0. The SMILES string of the molecule is CCOC(=O)c1c(S(=O)(=O)Nc2cccc(CN3CCCC3)c2)c(C)n(C)c1C. The Kier molecular flexibility index (Phi) is 6.33. The van der Waals surface area contributed by atoms with Crippen LogP contribution in [0.4, 0.5) is 5.69 Å². The molecule has 1 saturated heterocycles. The van der Waals surface area contributed by atoms with Gasteiger partial charge in [-0.1, -0.05) is 12.1 Å². The highest BCUT2D eigenvalue weighted by molar-refractivity contribution is 7.92. The van der Waals surface area contributed by atoms with Crippen LogP contribution in [0.2, 0.25) is 0 Å². The molecule has 1 fully saturated rings. The second kappa shape index (κ2) is 8.59. The predicted molar refractivity (Wildman–Crippen MR) is 113 cm³/mol. The molecule has 1 aromatic carbocycles. The molecule has 0 aliphatic carbocycles. The van der Waals surface area contributed by atoms with Gasteiger partial charge < -0.3 is 9.30 Å². The number of ether oxygens (including phenoxy) is 1. The summed E-state index contributed by atoms with van der Waals surface area (Å²) in [6.45, 7) is 8.22. The highest BCUT2D eigenvalue weighted by atomic mass is 32.2. The number of carbonyl (C=O) groups excluding carboxylic acids is 1. The molecule has 0 spiro atoms. The van der Waals surface area contributed by atoms with Crippen LogP contribution in [0.25, 0.3) is 0 Å². The van der Waals surface area contributed by atoms with Crippen LogP contribution in [0.3, 0.4) is 0 Å². The Hall–Kier alpha value is -2.32. The minimum absolute atomic E-state index is 0.0269. The monoisotopic (exact) mass is 419 g/mol. The van der Waals surface area contributed by atoms with Crippen molar-refractivity contribution in [1.82, 2.24) is 9.47 Å². The highest BCUT2D eigenvalue weighted by Crippen LogP contribution is 2.29. The van der Waals surface area contributed by atoms with Crippen LogP contribution in [-0.2, 0) is 28.4 Å². The third-order valence-electron chi connectivity index (χ3n) is 5.46. The summed E-state index contributed by atoms with van der Waals surface area (Å²) in [5.41, 5.74) is 2.68. The quantitative estimate of drug-likeness (QED) is 0.697. The van der Waals surface area contributed by atoms with Gasteiger partial charge in [-0.15, -0.1) is 0 Å². The van der Waals surface area contributed by atoms with Crippen LogP contribution in [-0.4, -0.2) is 43.6 Å². The van der Waals surface area contributed by atoms with E-state index in [9.17, 15) is 13.2 Å². The molecule has 3 rings (SSSR count). The highest BCUT2D eigenvalue weighted by Gasteiger charge is 2.31. The van der Waals surface area contributed by atoms with E-state index < -0.39 is 16.0 Å². The Morgan fingerprint density at radius 1 is 1.17 bits per heavy atom. The number of anilines is 1. The fourth-order valence-corrected chi connectivity index (χ4v) is 5.39. The largest absolute Gasteiger partial charge is 0.462 e. The molecule has 1 aliphatic heterocycles. The van der Waals surface area contributed by atoms with Crippen molar-refractivity contribution in [1.29, 1.82) is 0 Å². The maximum absolute atomic E-state index is 13.2. The molecule has 0 bridgehead atoms. The number of likely N-dealkylation sites (tertiary alicyclic amines) is 1. The van der Waals surface area contributed by atoms with E-state index in [-0.39, 0.29) is 17.1 Å². The van der Waals surface area contributed by atoms with Gasteiger partial charge in [0.15, 0.2) is 0 Å². The fourth-order valence-electron chi connectivity index (χ4n) is 3.83. The van der Waals surface area contributed by atoms with Crippen molar-refractivity contribution in [3.05, 3.63) is 46.8 Å². The minimum Gasteiger partial charge on any atom is -0.462 e. The van der Waals surface area contributed by atoms with Gasteiger partial charge in [0.25, 0.3) is 10.0 Å². The molecule has 0 unspecified atom stereocenters. The molecule has 158 valence electrons. The molecular weight excluding hydrogens is 390 g/mol. The molecule has 2 aromatic rings. The van der Waals surface area contributed by atoms with Crippen molar-refractivity contribution in [3.63, 3.8) is 0 Å². The molecule has 0 atom stereocenters. The molecule has 0 amide bonds. The molecule has 29 heavy (non-hydrogen) atoms. The molecule has 0 saturated carbocycles. The lowest BCUT2D eigenvalue weighted by Gasteiger charge is -2.16. The average molecular weight is 420 g/mol. The van der Waals surface area contributed by atoms with Crippen LogP contribution in [0.1, 0.15) is 47.1 Å². The van der Waals surface area contributed by atoms with Gasteiger partial charge in [0.2, 0.25) is 0 Å². The second-order valence-corrected chi connectivity index (χ2v) is 9.06. The van der Waals surface area contributed by atoms with Gasteiger partial charge in [0, 0.05) is 30.7 Å². The topological polar surface area (TPSA) is 80.6 Å². The predicted octanol–water partition coefficient (Wildman–Crippen LogP) is 3.22. The Bertz CT molecular complexity index is 1010. The van der Waals surface area contributed by atoms with Gasteiger partial charge in [-0.2, -0.15) is 0 Å². The number of nitrogens with zero attached hydrogens (tertiary/aromatic N) is 2. The van der Waals surface area contributed by atoms with Gasteiger partial charge in [-0.25, -0.2) is 13.2 Å². The Morgan fingerprint density at radius 3 is 2.52 bits per heavy atom. The Morgan fingerprint density at radius 2 is 1.86 bits per heavy atom. The first-order valence-corrected chi connectivity index (χ1v) is 11.4. The molecule has 1 aromatic heterocycles. The van der Waals surface area contributed by atoms with Gasteiger partial charge in [0.1, 0.15) is 10.5 Å². The summed E-state index contributed by atoms with van der Waals surface area (Å²) in [6.07, 6.45) is 2.41. The lowest BCUT2D eigenvalue weighted by Crippen LogP contribution is -2.19. The molecule has 8 heteroatoms. The van der Waals surface area contributed by atoms with Crippen LogP contribution < -0.4 is 4.72 Å². The number of hydrogen-bond acceptors (Lipinski definition) is 5. The average Bonchev–Trinajstić information content (AvgIpc) is 3.24. The molecule has 2 heterocycles. The van der Waals surface area contributed by atoms with E-state index in [4.69, 9.17) is 4.74 Å². The summed E-state index contributed by atoms with van der Waals surface area (Å²) in [5.74, 6) is -0.628. The van der Waals surface area contributed by atoms with Crippen molar-refractivity contribution in [2.45, 2.75) is 45.1 Å². The van der Waals surface area contributed by atoms with E-state index in [1.807, 2.05) is 18.2 Å². The smallest absolute Gasteiger partial charge is 0.341 e. The standard InChI is InChI=1S/C21H29N3O4S/c1-5-28-21(25)19-15(2)23(4)16(3)20(19)29(26,27)22-18-10-8-9-17(13-18)14-24-11-6-7-12-24/h8-10,13,22H,5-7,11-12,14H2,1-4H3. The molecule has 0 radical (unpaired) electrons. The van der Waals surface area contributed by atoms with E-state index >= 15 is 0 Å². The normalized spacial score (nSPS) is 14.9. The van der Waals surface area contributed by atoms with Crippen LogP contribution >= 0.6 is 0 Å². The maximum Gasteiger partial charge on any atom is 0.341 e. The molecule has 1 N–H and O–H groups in total. The van der Waals surface area contributed by atoms with Crippen LogP contribution in [0.15, 0.2) is 29.2 Å². The zero-order valence-electron chi connectivity index (χ0n) is 17.5. The Labute approximate surface area is 172 Å². The van der Waals surface area contributed by atoms with Gasteiger partial charge in [0.05, 0.1) is 6.61 Å².